The van der Waals surface area contributed by atoms with Gasteiger partial charge in [0.25, 0.3) is 0 Å². The van der Waals surface area contributed by atoms with Crippen LogP contribution in [0.2, 0.25) is 5.02 Å². The Hall–Kier alpha value is -2.20. The first-order valence-corrected chi connectivity index (χ1v) is 11.2. The van der Waals surface area contributed by atoms with Gasteiger partial charge in [0.05, 0.1) is 28.7 Å². The molecule has 0 saturated carbocycles. The maximum Gasteiger partial charge on any atom is 0.243 e. The van der Waals surface area contributed by atoms with E-state index < -0.39 is 15.8 Å². The first kappa shape index (κ1) is 22.5. The Kier molecular flexibility index (Phi) is 6.97. The minimum absolute atomic E-state index is 0.000961. The molecule has 1 aliphatic rings. The van der Waals surface area contributed by atoms with Gasteiger partial charge in [-0.2, -0.15) is 4.31 Å². The zero-order valence-corrected chi connectivity index (χ0v) is 18.1. The molecule has 3 rings (SSSR count). The topological polar surface area (TPSA) is 87.7 Å². The number of halogens is 2. The number of hydrogen-bond acceptors (Lipinski definition) is 5. The predicted octanol–water partition coefficient (Wildman–Crippen LogP) is 3.33. The van der Waals surface area contributed by atoms with E-state index in [0.717, 1.165) is 0 Å². The normalized spacial score (nSPS) is 20.0. The fourth-order valence-corrected chi connectivity index (χ4v) is 4.89. The van der Waals surface area contributed by atoms with E-state index in [9.17, 15) is 17.6 Å². The number of sulfonamides is 1. The number of carbonyl (C=O) groups is 1. The summed E-state index contributed by atoms with van der Waals surface area (Å²) in [5, 5.41) is 5.46. The minimum atomic E-state index is -3.64. The lowest BCUT2D eigenvalue weighted by molar-refractivity contribution is -0.114. The van der Waals surface area contributed by atoms with Crippen molar-refractivity contribution in [3.8, 4) is 0 Å². The zero-order valence-electron chi connectivity index (χ0n) is 16.6. The maximum absolute atomic E-state index is 13.4. The summed E-state index contributed by atoms with van der Waals surface area (Å²) in [7, 11) is -3.64. The summed E-state index contributed by atoms with van der Waals surface area (Å²) in [4.78, 5) is 12.3. The van der Waals surface area contributed by atoms with E-state index in [-0.39, 0.29) is 34.6 Å². The highest BCUT2D eigenvalue weighted by molar-refractivity contribution is 7.89. The first-order chi connectivity index (χ1) is 14.1. The SMILES string of the molecule is CC1CN(S(=O)(=O)c2ccc(NC(=O)CNc3ccc(Cl)c(F)c3)cc2)CC(C)O1. The quantitative estimate of drug-likeness (QED) is 0.697. The smallest absolute Gasteiger partial charge is 0.243 e. The Balaban J connectivity index is 1.59. The maximum atomic E-state index is 13.4. The molecule has 1 amide bonds. The van der Waals surface area contributed by atoms with Gasteiger partial charge in [0.15, 0.2) is 0 Å². The van der Waals surface area contributed by atoms with Crippen LogP contribution in [0.25, 0.3) is 0 Å². The van der Waals surface area contributed by atoms with Crippen molar-refractivity contribution in [3.05, 3.63) is 53.3 Å². The van der Waals surface area contributed by atoms with Crippen LogP contribution >= 0.6 is 11.6 Å². The number of nitrogens with one attached hydrogen (secondary N) is 2. The molecule has 0 aromatic heterocycles. The van der Waals surface area contributed by atoms with Gasteiger partial charge in [-0.1, -0.05) is 11.6 Å². The number of benzene rings is 2. The standard InChI is InChI=1S/C20H23ClFN3O4S/c1-13-11-25(12-14(2)29-13)30(27,28)17-6-3-15(4-7-17)24-20(26)10-23-16-5-8-18(21)19(22)9-16/h3-9,13-14,23H,10-12H2,1-2H3,(H,24,26). The second kappa shape index (κ2) is 9.30. The van der Waals surface area contributed by atoms with Crippen LogP contribution < -0.4 is 10.6 Å². The van der Waals surface area contributed by atoms with Crippen LogP contribution in [0.5, 0.6) is 0 Å². The van der Waals surface area contributed by atoms with E-state index in [0.29, 0.717) is 24.5 Å². The van der Waals surface area contributed by atoms with Crippen LogP contribution in [0.15, 0.2) is 47.4 Å². The molecule has 2 unspecified atom stereocenters. The van der Waals surface area contributed by atoms with E-state index in [4.69, 9.17) is 16.3 Å². The van der Waals surface area contributed by atoms with Crippen LogP contribution in [0.3, 0.4) is 0 Å². The molecule has 7 nitrogen and oxygen atoms in total. The third-order valence-corrected chi connectivity index (χ3v) is 6.69. The lowest BCUT2D eigenvalue weighted by Crippen LogP contribution is -2.48. The van der Waals surface area contributed by atoms with E-state index >= 15 is 0 Å². The lowest BCUT2D eigenvalue weighted by Gasteiger charge is -2.34. The third kappa shape index (κ3) is 5.48. The minimum Gasteiger partial charge on any atom is -0.376 e. The molecular formula is C20H23ClFN3O4S. The number of rotatable bonds is 6. The largest absolute Gasteiger partial charge is 0.376 e. The van der Waals surface area contributed by atoms with E-state index in [1.54, 1.807) is 6.07 Å². The van der Waals surface area contributed by atoms with Crippen molar-refractivity contribution in [2.45, 2.75) is 31.0 Å². The van der Waals surface area contributed by atoms with E-state index in [1.165, 1.54) is 40.7 Å². The van der Waals surface area contributed by atoms with Gasteiger partial charge in [0.2, 0.25) is 15.9 Å². The summed E-state index contributed by atoms with van der Waals surface area (Å²) >= 11 is 5.63. The van der Waals surface area contributed by atoms with Gasteiger partial charge < -0.3 is 15.4 Å². The summed E-state index contributed by atoms with van der Waals surface area (Å²) in [6.07, 6.45) is -0.354. The molecule has 1 fully saturated rings. The molecule has 0 radical (unpaired) electrons. The second-order valence-corrected chi connectivity index (χ2v) is 9.48. The fraction of sp³-hybridized carbons (Fsp3) is 0.350. The molecule has 0 spiro atoms. The van der Waals surface area contributed by atoms with Crippen LogP contribution in [0.4, 0.5) is 15.8 Å². The van der Waals surface area contributed by atoms with Crippen molar-refractivity contribution in [1.82, 2.24) is 4.31 Å². The molecule has 162 valence electrons. The fourth-order valence-electron chi connectivity index (χ4n) is 3.18. The Morgan fingerprint density at radius 1 is 1.13 bits per heavy atom. The number of carbonyl (C=O) groups excluding carboxylic acids is 1. The average molecular weight is 456 g/mol. The zero-order chi connectivity index (χ0) is 21.9. The molecule has 30 heavy (non-hydrogen) atoms. The summed E-state index contributed by atoms with van der Waals surface area (Å²) in [6.45, 7) is 4.17. The lowest BCUT2D eigenvalue weighted by atomic mass is 10.3. The average Bonchev–Trinajstić information content (AvgIpc) is 2.68. The second-order valence-electron chi connectivity index (χ2n) is 7.13. The van der Waals surface area contributed by atoms with Crippen molar-refractivity contribution in [2.75, 3.05) is 30.3 Å². The molecule has 10 heteroatoms. The molecule has 1 saturated heterocycles. The van der Waals surface area contributed by atoms with Gasteiger partial charge >= 0.3 is 0 Å². The molecule has 0 bridgehead atoms. The highest BCUT2D eigenvalue weighted by atomic mass is 35.5. The van der Waals surface area contributed by atoms with E-state index in [1.807, 2.05) is 13.8 Å². The van der Waals surface area contributed by atoms with Crippen molar-refractivity contribution >= 4 is 38.9 Å². The number of morpholine rings is 1. The van der Waals surface area contributed by atoms with Crippen LogP contribution in [-0.4, -0.2) is 50.5 Å². The third-order valence-electron chi connectivity index (χ3n) is 4.53. The number of nitrogens with zero attached hydrogens (tertiary/aromatic N) is 1. The molecule has 2 atom stereocenters. The van der Waals surface area contributed by atoms with Crippen LogP contribution in [0, 0.1) is 5.82 Å². The van der Waals surface area contributed by atoms with E-state index in [2.05, 4.69) is 10.6 Å². The number of ether oxygens (including phenoxy) is 1. The van der Waals surface area contributed by atoms with Gasteiger partial charge in [-0.25, -0.2) is 12.8 Å². The van der Waals surface area contributed by atoms with Gasteiger partial charge in [-0.05, 0) is 56.3 Å². The van der Waals surface area contributed by atoms with Crippen LogP contribution in [-0.2, 0) is 19.6 Å². The first-order valence-electron chi connectivity index (χ1n) is 9.39. The van der Waals surface area contributed by atoms with Gasteiger partial charge in [-0.3, -0.25) is 4.79 Å². The monoisotopic (exact) mass is 455 g/mol. The van der Waals surface area contributed by atoms with Crippen molar-refractivity contribution < 1.29 is 22.3 Å². The molecule has 0 aliphatic carbocycles. The molecule has 2 aromatic rings. The highest BCUT2D eigenvalue weighted by Gasteiger charge is 2.32. The summed E-state index contributed by atoms with van der Waals surface area (Å²) in [5.74, 6) is -0.945. The molecule has 1 aliphatic heterocycles. The van der Waals surface area contributed by atoms with Gasteiger partial charge in [-0.15, -0.1) is 0 Å². The highest BCUT2D eigenvalue weighted by Crippen LogP contribution is 2.23. The Labute approximate surface area is 180 Å². The van der Waals surface area contributed by atoms with Gasteiger partial charge in [0.1, 0.15) is 5.82 Å². The Bertz CT molecular complexity index is 1010. The Morgan fingerprint density at radius 2 is 1.73 bits per heavy atom. The van der Waals surface area contributed by atoms with Gasteiger partial charge in [0, 0.05) is 24.5 Å². The number of anilines is 2. The predicted molar refractivity (Wildman–Crippen MR) is 114 cm³/mol. The molecular weight excluding hydrogens is 433 g/mol. The molecule has 2 aromatic carbocycles. The van der Waals surface area contributed by atoms with Crippen LogP contribution in [0.1, 0.15) is 13.8 Å². The number of amides is 1. The van der Waals surface area contributed by atoms with Crippen molar-refractivity contribution in [3.63, 3.8) is 0 Å². The molecule has 2 N–H and O–H groups in total. The molecule has 1 heterocycles. The van der Waals surface area contributed by atoms with Crippen molar-refractivity contribution in [2.24, 2.45) is 0 Å². The summed E-state index contributed by atoms with van der Waals surface area (Å²) < 4.78 is 46.1. The Morgan fingerprint density at radius 3 is 2.33 bits per heavy atom. The van der Waals surface area contributed by atoms with Crippen molar-refractivity contribution in [1.29, 1.82) is 0 Å². The summed E-state index contributed by atoms with van der Waals surface area (Å²) in [5.41, 5.74) is 0.870. The summed E-state index contributed by atoms with van der Waals surface area (Å²) in [6, 6.07) is 10.1. The number of hydrogen-bond donors (Lipinski definition) is 2.